The molecule has 0 bridgehead atoms. The summed E-state index contributed by atoms with van der Waals surface area (Å²) in [5.74, 6) is 2.02. The highest BCUT2D eigenvalue weighted by atomic mass is 32.2. The molecule has 0 aromatic heterocycles. The molecule has 1 N–H and O–H groups in total. The summed E-state index contributed by atoms with van der Waals surface area (Å²) < 4.78 is 0. The highest BCUT2D eigenvalue weighted by molar-refractivity contribution is 7.99. The lowest BCUT2D eigenvalue weighted by Crippen LogP contribution is -2.27. The summed E-state index contributed by atoms with van der Waals surface area (Å²) in [6, 6.07) is 0. The van der Waals surface area contributed by atoms with Crippen molar-refractivity contribution < 1.29 is 5.11 Å². The number of hydrogen-bond donors (Lipinski definition) is 1. The molecule has 0 radical (unpaired) electrons. The van der Waals surface area contributed by atoms with Crippen LogP contribution in [0.25, 0.3) is 0 Å². The normalized spacial score (nSPS) is 29.5. The third kappa shape index (κ3) is 4.37. The van der Waals surface area contributed by atoms with Gasteiger partial charge in [-0.15, -0.1) is 0 Å². The van der Waals surface area contributed by atoms with Crippen molar-refractivity contribution in [2.45, 2.75) is 57.3 Å². The third-order valence-corrected chi connectivity index (χ3v) is 4.14. The molecule has 2 heteroatoms. The summed E-state index contributed by atoms with van der Waals surface area (Å²) in [5, 5.41) is 10.2. The van der Waals surface area contributed by atoms with E-state index in [1.54, 1.807) is 0 Å². The number of thioether (sulfide) groups is 1. The van der Waals surface area contributed by atoms with Gasteiger partial charge in [0.25, 0.3) is 0 Å². The first kappa shape index (κ1) is 11.4. The van der Waals surface area contributed by atoms with E-state index in [2.05, 4.69) is 13.8 Å². The Hall–Kier alpha value is 0.310. The topological polar surface area (TPSA) is 20.2 Å². The van der Waals surface area contributed by atoms with Gasteiger partial charge >= 0.3 is 0 Å². The van der Waals surface area contributed by atoms with Crippen molar-refractivity contribution in [3.63, 3.8) is 0 Å². The minimum Gasteiger partial charge on any atom is -0.392 e. The van der Waals surface area contributed by atoms with Crippen molar-refractivity contribution in [1.29, 1.82) is 0 Å². The van der Waals surface area contributed by atoms with Crippen molar-refractivity contribution in [3.8, 4) is 0 Å². The number of rotatable bonds is 4. The molecule has 0 aromatic carbocycles. The number of hydrogen-bond acceptors (Lipinski definition) is 2. The van der Waals surface area contributed by atoms with E-state index in [0.717, 1.165) is 12.3 Å². The lowest BCUT2D eigenvalue weighted by Gasteiger charge is -2.27. The molecule has 2 atom stereocenters. The molecule has 1 aliphatic rings. The summed E-state index contributed by atoms with van der Waals surface area (Å²) in [5.41, 5.74) is 0. The van der Waals surface area contributed by atoms with E-state index in [4.69, 9.17) is 0 Å². The zero-order chi connectivity index (χ0) is 9.68. The quantitative estimate of drug-likeness (QED) is 0.756. The third-order valence-electron chi connectivity index (χ3n) is 2.69. The maximum Gasteiger partial charge on any atom is 0.0658 e. The molecule has 1 nitrogen and oxygen atoms in total. The minimum absolute atomic E-state index is 0.0223. The first-order valence-corrected chi connectivity index (χ1v) is 6.54. The minimum atomic E-state index is -0.0223. The van der Waals surface area contributed by atoms with Gasteiger partial charge in [-0.2, -0.15) is 11.8 Å². The van der Waals surface area contributed by atoms with Gasteiger partial charge in [-0.05, 0) is 30.9 Å². The van der Waals surface area contributed by atoms with Gasteiger partial charge in [0.05, 0.1) is 6.10 Å². The molecule has 0 aliphatic heterocycles. The second-order valence-electron chi connectivity index (χ2n) is 4.44. The second kappa shape index (κ2) is 5.92. The Balaban J connectivity index is 2.11. The van der Waals surface area contributed by atoms with E-state index in [0.29, 0.717) is 5.25 Å². The summed E-state index contributed by atoms with van der Waals surface area (Å²) in [6.45, 7) is 4.52. The van der Waals surface area contributed by atoms with Crippen LogP contribution in [0.3, 0.4) is 0 Å². The Morgan fingerprint density at radius 2 is 2.00 bits per heavy atom. The van der Waals surface area contributed by atoms with E-state index in [9.17, 15) is 5.11 Å². The van der Waals surface area contributed by atoms with Crippen molar-refractivity contribution in [2.24, 2.45) is 5.92 Å². The average Bonchev–Trinajstić information content (AvgIpc) is 2.08. The van der Waals surface area contributed by atoms with Gasteiger partial charge < -0.3 is 5.11 Å². The fourth-order valence-corrected chi connectivity index (χ4v) is 3.33. The van der Waals surface area contributed by atoms with Gasteiger partial charge in [0.15, 0.2) is 0 Å². The van der Waals surface area contributed by atoms with Crippen LogP contribution in [-0.4, -0.2) is 22.2 Å². The summed E-state index contributed by atoms with van der Waals surface area (Å²) in [6.07, 6.45) is 6.06. The Labute approximate surface area is 86.3 Å². The lowest BCUT2D eigenvalue weighted by molar-refractivity contribution is 0.137. The van der Waals surface area contributed by atoms with Crippen LogP contribution in [0.4, 0.5) is 0 Å². The Bertz CT molecular complexity index is 136. The molecular formula is C11H22OS. The standard InChI is InChI=1S/C11H22OS/c1-9(2)7-8-13-11-6-4-3-5-10(11)12/h9-12H,3-8H2,1-2H3/t10-,11-/m1/s1. The van der Waals surface area contributed by atoms with Gasteiger partial charge in [0.2, 0.25) is 0 Å². The van der Waals surface area contributed by atoms with Gasteiger partial charge in [0, 0.05) is 5.25 Å². The molecule has 1 saturated carbocycles. The summed E-state index contributed by atoms with van der Waals surface area (Å²) in [7, 11) is 0. The summed E-state index contributed by atoms with van der Waals surface area (Å²) in [4.78, 5) is 0. The molecule has 78 valence electrons. The van der Waals surface area contributed by atoms with E-state index in [1.807, 2.05) is 11.8 Å². The Kier molecular flexibility index (Phi) is 5.18. The lowest BCUT2D eigenvalue weighted by atomic mass is 9.97. The molecule has 0 spiro atoms. The van der Waals surface area contributed by atoms with E-state index >= 15 is 0 Å². The van der Waals surface area contributed by atoms with E-state index in [-0.39, 0.29) is 6.10 Å². The van der Waals surface area contributed by atoms with Crippen LogP contribution < -0.4 is 0 Å². The second-order valence-corrected chi connectivity index (χ2v) is 5.79. The van der Waals surface area contributed by atoms with E-state index in [1.165, 1.54) is 31.4 Å². The highest BCUT2D eigenvalue weighted by Gasteiger charge is 2.22. The maximum atomic E-state index is 9.71. The average molecular weight is 202 g/mol. The maximum absolute atomic E-state index is 9.71. The fraction of sp³-hybridized carbons (Fsp3) is 1.00. The van der Waals surface area contributed by atoms with Crippen molar-refractivity contribution in [3.05, 3.63) is 0 Å². The largest absolute Gasteiger partial charge is 0.392 e. The van der Waals surface area contributed by atoms with Gasteiger partial charge in [-0.25, -0.2) is 0 Å². The monoisotopic (exact) mass is 202 g/mol. The molecule has 0 heterocycles. The molecule has 0 aromatic rings. The van der Waals surface area contributed by atoms with Crippen LogP contribution in [0, 0.1) is 5.92 Å². The smallest absolute Gasteiger partial charge is 0.0658 e. The van der Waals surface area contributed by atoms with E-state index < -0.39 is 0 Å². The zero-order valence-corrected chi connectivity index (χ0v) is 9.65. The van der Waals surface area contributed by atoms with Crippen molar-refractivity contribution in [2.75, 3.05) is 5.75 Å². The first-order chi connectivity index (χ1) is 6.20. The van der Waals surface area contributed by atoms with Crippen LogP contribution in [0.1, 0.15) is 46.0 Å². The van der Waals surface area contributed by atoms with Crippen LogP contribution >= 0.6 is 11.8 Å². The first-order valence-electron chi connectivity index (χ1n) is 5.50. The number of aliphatic hydroxyl groups is 1. The number of aliphatic hydroxyl groups excluding tert-OH is 1. The molecule has 1 aliphatic carbocycles. The molecule has 13 heavy (non-hydrogen) atoms. The van der Waals surface area contributed by atoms with Crippen LogP contribution in [0.2, 0.25) is 0 Å². The molecule has 1 rings (SSSR count). The van der Waals surface area contributed by atoms with Gasteiger partial charge in [-0.3, -0.25) is 0 Å². The predicted molar refractivity (Wildman–Crippen MR) is 60.2 cm³/mol. The Morgan fingerprint density at radius 1 is 1.31 bits per heavy atom. The fourth-order valence-electron chi connectivity index (χ4n) is 1.73. The van der Waals surface area contributed by atoms with Crippen LogP contribution in [-0.2, 0) is 0 Å². The molecule has 0 saturated heterocycles. The molecule has 1 fully saturated rings. The van der Waals surface area contributed by atoms with Gasteiger partial charge in [-0.1, -0.05) is 26.7 Å². The molecule has 0 unspecified atom stereocenters. The molecular weight excluding hydrogens is 180 g/mol. The predicted octanol–water partition coefficient (Wildman–Crippen LogP) is 3.07. The zero-order valence-electron chi connectivity index (χ0n) is 8.83. The Morgan fingerprint density at radius 3 is 2.62 bits per heavy atom. The SMILES string of the molecule is CC(C)CCS[C@@H]1CCCC[C@H]1O. The van der Waals surface area contributed by atoms with Crippen molar-refractivity contribution in [1.82, 2.24) is 0 Å². The molecule has 0 amide bonds. The van der Waals surface area contributed by atoms with Crippen LogP contribution in [0.15, 0.2) is 0 Å². The van der Waals surface area contributed by atoms with Crippen LogP contribution in [0.5, 0.6) is 0 Å². The summed E-state index contributed by atoms with van der Waals surface area (Å²) >= 11 is 1.98. The van der Waals surface area contributed by atoms with Gasteiger partial charge in [0.1, 0.15) is 0 Å². The highest BCUT2D eigenvalue weighted by Crippen LogP contribution is 2.29. The van der Waals surface area contributed by atoms with Crippen molar-refractivity contribution >= 4 is 11.8 Å².